The number of benzene rings is 2. The zero-order valence-corrected chi connectivity index (χ0v) is 18.0. The smallest absolute Gasteiger partial charge is 0.313 e. The molecule has 3 rings (SSSR count). The van der Waals surface area contributed by atoms with Crippen LogP contribution in [0, 0.1) is 0 Å². The fourth-order valence-corrected chi connectivity index (χ4v) is 4.81. The Balaban J connectivity index is 1.63. The number of carbonyl (C=O) groups is 2. The second-order valence-corrected chi connectivity index (χ2v) is 10.2. The van der Waals surface area contributed by atoms with E-state index in [1.807, 2.05) is 6.07 Å². The van der Waals surface area contributed by atoms with E-state index in [1.54, 1.807) is 24.3 Å². The first-order valence-corrected chi connectivity index (χ1v) is 12.5. The minimum absolute atomic E-state index is 0.00640. The molecule has 0 bridgehead atoms. The minimum Gasteiger partial charge on any atom is -0.340 e. The molecule has 0 aromatic heterocycles. The Morgan fingerprint density at radius 1 is 1.03 bits per heavy atom. The van der Waals surface area contributed by atoms with Crippen LogP contribution >= 0.6 is 0 Å². The Morgan fingerprint density at radius 3 is 2.23 bits per heavy atom. The van der Waals surface area contributed by atoms with E-state index < -0.39 is 38.7 Å². The summed E-state index contributed by atoms with van der Waals surface area (Å²) in [7, 11) is -4.77. The maximum Gasteiger partial charge on any atom is 0.313 e. The lowest BCUT2D eigenvalue weighted by Crippen LogP contribution is -2.39. The molecule has 0 spiro atoms. The second kappa shape index (κ2) is 9.50. The van der Waals surface area contributed by atoms with Crippen molar-refractivity contribution in [1.29, 1.82) is 0 Å². The molecule has 2 amide bonds. The summed E-state index contributed by atoms with van der Waals surface area (Å²) in [5.41, 5.74) is 1.03. The van der Waals surface area contributed by atoms with Gasteiger partial charge in [0.1, 0.15) is 0 Å². The summed E-state index contributed by atoms with van der Waals surface area (Å²) in [5.74, 6) is -1.60. The molecule has 3 N–H and O–H groups in total. The molecule has 160 valence electrons. The quantitative estimate of drug-likeness (QED) is 0.525. The van der Waals surface area contributed by atoms with Crippen LogP contribution in [0.25, 0.3) is 0 Å². The molecule has 2 aromatic rings. The Kier molecular flexibility index (Phi) is 7.01. The van der Waals surface area contributed by atoms with Crippen molar-refractivity contribution in [1.82, 2.24) is 10.0 Å². The third-order valence-electron chi connectivity index (χ3n) is 4.44. The summed E-state index contributed by atoms with van der Waals surface area (Å²) >= 11 is 0. The molecular weight excluding hydrogens is 426 g/mol. The van der Waals surface area contributed by atoms with E-state index in [0.717, 1.165) is 18.4 Å². The van der Waals surface area contributed by atoms with Gasteiger partial charge in [-0.3, -0.25) is 13.8 Å². The van der Waals surface area contributed by atoms with Crippen LogP contribution in [0.3, 0.4) is 0 Å². The van der Waals surface area contributed by atoms with Crippen molar-refractivity contribution in [2.75, 3.05) is 17.3 Å². The van der Waals surface area contributed by atoms with E-state index in [9.17, 15) is 22.2 Å². The third-order valence-corrected chi connectivity index (χ3v) is 6.78. The van der Waals surface area contributed by atoms with Crippen molar-refractivity contribution in [3.8, 4) is 0 Å². The number of hydrogen-bond acceptors (Lipinski definition) is 5. The van der Waals surface area contributed by atoms with Gasteiger partial charge in [-0.15, -0.1) is 0 Å². The Hall–Kier alpha value is -2.56. The maximum absolute atomic E-state index is 12.3. The SMILES string of the molecule is C[S@](=O)C[C@H](NC(=O)C(=O)Nc1ccc(S(=O)(=O)NC2CC2)cc1)c1ccccc1. The standard InChI is InChI=1S/C20H23N3O5S2/c1-29(26)13-18(14-5-3-2-4-6-14)22-20(25)19(24)21-15-9-11-17(12-10-15)30(27,28)23-16-7-8-16/h2-6,9-12,16,18,23H,7-8,13H2,1H3,(H,21,24)(H,22,25)/t18-,29-/m0/s1. The highest BCUT2D eigenvalue weighted by molar-refractivity contribution is 7.89. The third kappa shape index (κ3) is 6.22. The molecule has 10 heteroatoms. The van der Waals surface area contributed by atoms with E-state index in [2.05, 4.69) is 15.4 Å². The van der Waals surface area contributed by atoms with Crippen LogP contribution in [0.15, 0.2) is 59.5 Å². The van der Waals surface area contributed by atoms with Gasteiger partial charge in [-0.25, -0.2) is 13.1 Å². The Morgan fingerprint density at radius 2 is 1.67 bits per heavy atom. The van der Waals surface area contributed by atoms with E-state index in [4.69, 9.17) is 0 Å². The Bertz CT molecular complexity index is 1040. The monoisotopic (exact) mass is 449 g/mol. The van der Waals surface area contributed by atoms with Gasteiger partial charge in [0.05, 0.1) is 10.9 Å². The van der Waals surface area contributed by atoms with Gasteiger partial charge in [0.2, 0.25) is 10.0 Å². The Labute approximate surface area is 178 Å². The highest BCUT2D eigenvalue weighted by atomic mass is 32.2. The fraction of sp³-hybridized carbons (Fsp3) is 0.300. The number of sulfonamides is 1. The van der Waals surface area contributed by atoms with Gasteiger partial charge < -0.3 is 10.6 Å². The van der Waals surface area contributed by atoms with Gasteiger partial charge in [0.15, 0.2) is 0 Å². The molecule has 1 aliphatic rings. The molecule has 2 aromatic carbocycles. The average Bonchev–Trinajstić information content (AvgIpc) is 3.51. The van der Waals surface area contributed by atoms with Gasteiger partial charge in [-0.05, 0) is 42.7 Å². The predicted molar refractivity (Wildman–Crippen MR) is 115 cm³/mol. The largest absolute Gasteiger partial charge is 0.340 e. The summed E-state index contributed by atoms with van der Waals surface area (Å²) in [4.78, 5) is 24.7. The van der Waals surface area contributed by atoms with Gasteiger partial charge in [0, 0.05) is 34.5 Å². The molecule has 1 saturated carbocycles. The fourth-order valence-electron chi connectivity index (χ4n) is 2.76. The first kappa shape index (κ1) is 22.1. The molecule has 1 aliphatic carbocycles. The molecule has 0 radical (unpaired) electrons. The van der Waals surface area contributed by atoms with Gasteiger partial charge in [-0.2, -0.15) is 0 Å². The number of nitrogens with one attached hydrogen (secondary N) is 3. The minimum atomic E-state index is -3.59. The van der Waals surface area contributed by atoms with Crippen LogP contribution in [0.5, 0.6) is 0 Å². The average molecular weight is 450 g/mol. The first-order chi connectivity index (χ1) is 14.2. The van der Waals surface area contributed by atoms with Crippen LogP contribution in [-0.4, -0.2) is 42.5 Å². The predicted octanol–water partition coefficient (Wildman–Crippen LogP) is 1.30. The number of hydrogen-bond donors (Lipinski definition) is 3. The van der Waals surface area contributed by atoms with Gasteiger partial charge in [-0.1, -0.05) is 30.3 Å². The summed E-state index contributed by atoms with van der Waals surface area (Å²) < 4.78 is 38.6. The molecular formula is C20H23N3O5S2. The summed E-state index contributed by atoms with van der Waals surface area (Å²) in [6.45, 7) is 0. The van der Waals surface area contributed by atoms with Crippen LogP contribution in [0.4, 0.5) is 5.69 Å². The van der Waals surface area contributed by atoms with Crippen LogP contribution in [0.2, 0.25) is 0 Å². The van der Waals surface area contributed by atoms with Crippen molar-refractivity contribution in [3.05, 3.63) is 60.2 Å². The van der Waals surface area contributed by atoms with E-state index >= 15 is 0 Å². The van der Waals surface area contributed by atoms with Crippen molar-refractivity contribution >= 4 is 38.3 Å². The molecule has 30 heavy (non-hydrogen) atoms. The zero-order valence-electron chi connectivity index (χ0n) is 16.3. The van der Waals surface area contributed by atoms with E-state index in [1.165, 1.54) is 30.5 Å². The normalized spacial score (nSPS) is 15.8. The van der Waals surface area contributed by atoms with Crippen molar-refractivity contribution < 1.29 is 22.2 Å². The number of amides is 2. The topological polar surface area (TPSA) is 121 Å². The highest BCUT2D eigenvalue weighted by Crippen LogP contribution is 2.23. The number of carbonyl (C=O) groups excluding carboxylic acids is 2. The first-order valence-electron chi connectivity index (χ1n) is 9.34. The van der Waals surface area contributed by atoms with Crippen LogP contribution < -0.4 is 15.4 Å². The molecule has 0 saturated heterocycles. The van der Waals surface area contributed by atoms with Crippen molar-refractivity contribution in [2.45, 2.75) is 29.8 Å². The van der Waals surface area contributed by atoms with Crippen molar-refractivity contribution in [3.63, 3.8) is 0 Å². The zero-order chi connectivity index (χ0) is 21.7. The van der Waals surface area contributed by atoms with Crippen molar-refractivity contribution in [2.24, 2.45) is 0 Å². The lowest BCUT2D eigenvalue weighted by atomic mass is 10.1. The lowest BCUT2D eigenvalue weighted by Gasteiger charge is -2.18. The van der Waals surface area contributed by atoms with Gasteiger partial charge in [0.25, 0.3) is 0 Å². The molecule has 0 unspecified atom stereocenters. The number of anilines is 1. The molecule has 2 atom stereocenters. The summed E-state index contributed by atoms with van der Waals surface area (Å²) in [5, 5.41) is 5.04. The summed E-state index contributed by atoms with van der Waals surface area (Å²) in [6.07, 6.45) is 3.19. The van der Waals surface area contributed by atoms with Gasteiger partial charge >= 0.3 is 11.8 Å². The van der Waals surface area contributed by atoms with Crippen LogP contribution in [-0.2, 0) is 30.4 Å². The highest BCUT2D eigenvalue weighted by Gasteiger charge is 2.28. The number of rotatable bonds is 8. The second-order valence-electron chi connectivity index (χ2n) is 7.05. The van der Waals surface area contributed by atoms with E-state index in [-0.39, 0.29) is 22.4 Å². The van der Waals surface area contributed by atoms with Crippen LogP contribution in [0.1, 0.15) is 24.4 Å². The molecule has 8 nitrogen and oxygen atoms in total. The maximum atomic E-state index is 12.3. The molecule has 1 fully saturated rings. The molecule has 0 aliphatic heterocycles. The molecule has 0 heterocycles. The van der Waals surface area contributed by atoms with E-state index in [0.29, 0.717) is 0 Å². The summed E-state index contributed by atoms with van der Waals surface area (Å²) in [6, 6.07) is 14.0. The lowest BCUT2D eigenvalue weighted by molar-refractivity contribution is -0.136.